The number of phenolic OH excluding ortho intramolecular Hbond substituents is 1. The second kappa shape index (κ2) is 6.24. The number of aromatic hydroxyl groups is 1. The molecule has 1 aliphatic heterocycles. The van der Waals surface area contributed by atoms with E-state index in [0.717, 1.165) is 6.07 Å². The molecule has 2 atom stereocenters. The minimum atomic E-state index is -4.74. The molecule has 0 amide bonds. The molecule has 1 saturated carbocycles. The van der Waals surface area contributed by atoms with Crippen molar-refractivity contribution in [2.24, 2.45) is 17.8 Å². The summed E-state index contributed by atoms with van der Waals surface area (Å²) in [6.07, 6.45) is -6.07. The van der Waals surface area contributed by atoms with Gasteiger partial charge in [0, 0.05) is 6.07 Å². The summed E-state index contributed by atoms with van der Waals surface area (Å²) in [4.78, 5) is 23.7. The molecule has 5 nitrogen and oxygen atoms in total. The number of alkyl halides is 3. The van der Waals surface area contributed by atoms with Gasteiger partial charge in [-0.2, -0.15) is 13.2 Å². The smallest absolute Gasteiger partial charge is 0.426 e. The predicted molar refractivity (Wildman–Crippen MR) is 79.5 cm³/mol. The highest BCUT2D eigenvalue weighted by atomic mass is 19.4. The Labute approximate surface area is 141 Å². The Balaban J connectivity index is 1.91. The van der Waals surface area contributed by atoms with E-state index in [-0.39, 0.29) is 42.7 Å². The summed E-state index contributed by atoms with van der Waals surface area (Å²) >= 11 is 0. The van der Waals surface area contributed by atoms with E-state index in [1.165, 1.54) is 12.1 Å². The maximum atomic E-state index is 13.5. The van der Waals surface area contributed by atoms with Gasteiger partial charge in [0.05, 0.1) is 17.4 Å². The number of phenols is 1. The first kappa shape index (κ1) is 17.6. The summed E-state index contributed by atoms with van der Waals surface area (Å²) < 4.78 is 45.5. The number of fused-ring (bicyclic) bond motifs is 1. The van der Waals surface area contributed by atoms with Gasteiger partial charge in [0.25, 0.3) is 0 Å². The van der Waals surface area contributed by atoms with Crippen LogP contribution in [0.25, 0.3) is 0 Å². The van der Waals surface area contributed by atoms with Gasteiger partial charge < -0.3 is 14.9 Å². The number of hydrogen-bond donors (Lipinski definition) is 2. The van der Waals surface area contributed by atoms with Gasteiger partial charge in [-0.25, -0.2) is 0 Å². The van der Waals surface area contributed by atoms with Crippen molar-refractivity contribution >= 4 is 11.8 Å². The summed E-state index contributed by atoms with van der Waals surface area (Å²) in [6, 6.07) is 3.49. The molecule has 0 aromatic heterocycles. The van der Waals surface area contributed by atoms with Crippen molar-refractivity contribution in [1.29, 1.82) is 0 Å². The molecule has 1 aliphatic carbocycles. The van der Waals surface area contributed by atoms with Crippen molar-refractivity contribution in [3.8, 4) is 11.5 Å². The minimum absolute atomic E-state index is 0.0173. The third kappa shape index (κ3) is 3.29. The maximum absolute atomic E-state index is 13.5. The average molecular weight is 358 g/mol. The summed E-state index contributed by atoms with van der Waals surface area (Å²) in [6.45, 7) is 0. The van der Waals surface area contributed by atoms with Crippen LogP contribution in [0.5, 0.6) is 11.5 Å². The summed E-state index contributed by atoms with van der Waals surface area (Å²) in [5.74, 6) is -4.75. The first-order valence-electron chi connectivity index (χ1n) is 8.02. The highest BCUT2D eigenvalue weighted by molar-refractivity contribution is 6.02. The highest BCUT2D eigenvalue weighted by Gasteiger charge is 2.55. The lowest BCUT2D eigenvalue weighted by atomic mass is 9.70. The summed E-state index contributed by atoms with van der Waals surface area (Å²) in [5.41, 5.74) is 0.0173. The van der Waals surface area contributed by atoms with Crippen molar-refractivity contribution in [1.82, 2.24) is 0 Å². The fourth-order valence-corrected chi connectivity index (χ4v) is 3.80. The molecule has 2 aliphatic rings. The molecule has 0 radical (unpaired) electrons. The van der Waals surface area contributed by atoms with Crippen LogP contribution in [0.1, 0.15) is 36.0 Å². The molecule has 25 heavy (non-hydrogen) atoms. The second-order valence-corrected chi connectivity index (χ2v) is 6.60. The largest absolute Gasteiger partial charge is 0.508 e. The predicted octanol–water partition coefficient (Wildman–Crippen LogP) is 3.41. The van der Waals surface area contributed by atoms with Crippen LogP contribution in [-0.2, 0) is 4.79 Å². The van der Waals surface area contributed by atoms with Crippen LogP contribution in [0.15, 0.2) is 18.2 Å². The van der Waals surface area contributed by atoms with E-state index >= 15 is 0 Å². The van der Waals surface area contributed by atoms with Gasteiger partial charge in [0.15, 0.2) is 5.78 Å². The number of carbonyl (C=O) groups excluding carboxylic acids is 1. The van der Waals surface area contributed by atoms with Gasteiger partial charge in [-0.1, -0.05) is 0 Å². The lowest BCUT2D eigenvalue weighted by molar-refractivity contribution is -0.212. The van der Waals surface area contributed by atoms with Gasteiger partial charge in [0.1, 0.15) is 11.5 Å². The van der Waals surface area contributed by atoms with Crippen molar-refractivity contribution in [2.45, 2.75) is 38.0 Å². The van der Waals surface area contributed by atoms with Crippen molar-refractivity contribution in [2.75, 3.05) is 0 Å². The molecule has 0 spiro atoms. The first-order valence-corrected chi connectivity index (χ1v) is 8.02. The number of carboxylic acids is 1. The van der Waals surface area contributed by atoms with E-state index in [1.54, 1.807) is 0 Å². The SMILES string of the molecule is O=C(O)C1CCC(C2C(=O)c3ccc(O)cc3OC2C(F)(F)F)CC1. The number of carboxylic acid groups (broad SMARTS) is 1. The molecule has 136 valence electrons. The molecule has 0 bridgehead atoms. The lowest BCUT2D eigenvalue weighted by Gasteiger charge is -2.39. The third-order valence-electron chi connectivity index (χ3n) is 5.07. The molecule has 2 N–H and O–H groups in total. The summed E-state index contributed by atoms with van der Waals surface area (Å²) in [5, 5.41) is 18.5. The van der Waals surface area contributed by atoms with Crippen LogP contribution in [0.2, 0.25) is 0 Å². The number of rotatable bonds is 2. The molecular weight excluding hydrogens is 341 g/mol. The molecule has 1 aromatic carbocycles. The Kier molecular flexibility index (Phi) is 4.38. The monoisotopic (exact) mass is 358 g/mol. The van der Waals surface area contributed by atoms with Crippen LogP contribution in [-0.4, -0.2) is 34.2 Å². The molecule has 1 heterocycles. The molecule has 0 saturated heterocycles. The second-order valence-electron chi connectivity index (χ2n) is 6.60. The zero-order valence-electron chi connectivity index (χ0n) is 13.1. The van der Waals surface area contributed by atoms with E-state index in [2.05, 4.69) is 0 Å². The van der Waals surface area contributed by atoms with Gasteiger partial charge in [-0.15, -0.1) is 0 Å². The van der Waals surface area contributed by atoms with Gasteiger partial charge >= 0.3 is 12.1 Å². The quantitative estimate of drug-likeness (QED) is 0.846. The van der Waals surface area contributed by atoms with Crippen LogP contribution in [0, 0.1) is 17.8 Å². The number of ether oxygens (including phenoxy) is 1. The standard InChI is InChI=1S/C17H17F3O5/c18-17(19,20)15-13(8-1-3-9(4-2-8)16(23)24)14(22)11-6-5-10(21)7-12(11)25-15/h5-9,13,15,21H,1-4H2,(H,23,24). The molecule has 1 fully saturated rings. The van der Waals surface area contributed by atoms with E-state index in [4.69, 9.17) is 9.84 Å². The van der Waals surface area contributed by atoms with Crippen LogP contribution in [0.4, 0.5) is 13.2 Å². The Morgan fingerprint density at radius 2 is 1.80 bits per heavy atom. The van der Waals surface area contributed by atoms with Gasteiger partial charge in [-0.3, -0.25) is 9.59 Å². The molecule has 1 aromatic rings. The van der Waals surface area contributed by atoms with E-state index in [0.29, 0.717) is 0 Å². The van der Waals surface area contributed by atoms with E-state index < -0.39 is 41.8 Å². The van der Waals surface area contributed by atoms with Gasteiger partial charge in [-0.05, 0) is 43.7 Å². The molecule has 2 unspecified atom stereocenters. The van der Waals surface area contributed by atoms with Crippen molar-refractivity contribution in [3.05, 3.63) is 23.8 Å². The van der Waals surface area contributed by atoms with E-state index in [1.807, 2.05) is 0 Å². The fraction of sp³-hybridized carbons (Fsp3) is 0.529. The normalized spacial score (nSPS) is 29.6. The first-order chi connectivity index (χ1) is 11.7. The van der Waals surface area contributed by atoms with Crippen LogP contribution >= 0.6 is 0 Å². The minimum Gasteiger partial charge on any atom is -0.508 e. The average Bonchev–Trinajstić information content (AvgIpc) is 2.53. The Bertz CT molecular complexity index is 692. The zero-order valence-corrected chi connectivity index (χ0v) is 13.1. The number of Topliss-reactive ketones (excluding diaryl/α,β-unsaturated/α-hetero) is 1. The van der Waals surface area contributed by atoms with Crippen LogP contribution < -0.4 is 4.74 Å². The molecule has 3 rings (SSSR count). The summed E-state index contributed by atoms with van der Waals surface area (Å²) in [7, 11) is 0. The Hall–Kier alpha value is -2.25. The maximum Gasteiger partial charge on any atom is 0.426 e. The fourth-order valence-electron chi connectivity index (χ4n) is 3.80. The van der Waals surface area contributed by atoms with Crippen molar-refractivity contribution in [3.63, 3.8) is 0 Å². The number of carbonyl (C=O) groups is 2. The number of ketones is 1. The number of hydrogen-bond acceptors (Lipinski definition) is 4. The molecular formula is C17H17F3O5. The lowest BCUT2D eigenvalue weighted by Crippen LogP contribution is -2.51. The van der Waals surface area contributed by atoms with Crippen LogP contribution in [0.3, 0.4) is 0 Å². The Morgan fingerprint density at radius 3 is 2.36 bits per heavy atom. The highest BCUT2D eigenvalue weighted by Crippen LogP contribution is 2.46. The zero-order chi connectivity index (χ0) is 18.4. The Morgan fingerprint density at radius 1 is 1.16 bits per heavy atom. The third-order valence-corrected chi connectivity index (χ3v) is 5.07. The topological polar surface area (TPSA) is 83.8 Å². The van der Waals surface area contributed by atoms with Gasteiger partial charge in [0.2, 0.25) is 6.10 Å². The molecule has 8 heteroatoms. The number of aliphatic carboxylic acids is 1. The van der Waals surface area contributed by atoms with E-state index in [9.17, 15) is 27.9 Å². The number of benzene rings is 1. The number of halogens is 3. The van der Waals surface area contributed by atoms with Crippen molar-refractivity contribution < 1.29 is 37.7 Å².